The molecule has 2 aromatic carbocycles. The summed E-state index contributed by atoms with van der Waals surface area (Å²) in [5.41, 5.74) is 3.85. The molecular formula is C22H21N5O2. The van der Waals surface area contributed by atoms with Crippen molar-refractivity contribution < 1.29 is 9.53 Å². The molecule has 0 saturated heterocycles. The third kappa shape index (κ3) is 4.35. The van der Waals surface area contributed by atoms with Gasteiger partial charge in [-0.3, -0.25) is 15.4 Å². The van der Waals surface area contributed by atoms with Crippen LogP contribution in [-0.4, -0.2) is 34.9 Å². The van der Waals surface area contributed by atoms with Gasteiger partial charge in [-0.05, 0) is 47.5 Å². The molecule has 2 heterocycles. The lowest BCUT2D eigenvalue weighted by atomic mass is 10.0. The molecule has 4 aromatic rings. The predicted octanol–water partition coefficient (Wildman–Crippen LogP) is 4.00. The fourth-order valence-electron chi connectivity index (χ4n) is 3.10. The van der Waals surface area contributed by atoms with Gasteiger partial charge in [-0.2, -0.15) is 5.10 Å². The van der Waals surface area contributed by atoms with Crippen molar-refractivity contribution in [1.82, 2.24) is 20.5 Å². The van der Waals surface area contributed by atoms with Crippen LogP contribution in [0, 0.1) is 0 Å². The second-order valence-corrected chi connectivity index (χ2v) is 6.52. The van der Waals surface area contributed by atoms with Crippen molar-refractivity contribution >= 4 is 22.8 Å². The molecule has 0 aliphatic heterocycles. The van der Waals surface area contributed by atoms with Gasteiger partial charge in [-0.25, -0.2) is 4.79 Å². The minimum atomic E-state index is -0.300. The number of methoxy groups -OCH3 is 1. The summed E-state index contributed by atoms with van der Waals surface area (Å²) in [7, 11) is 1.65. The smallest absolute Gasteiger partial charge is 0.320 e. The number of aromatic amines is 1. The Morgan fingerprint density at radius 3 is 2.79 bits per heavy atom. The second-order valence-electron chi connectivity index (χ2n) is 6.52. The molecule has 7 heteroatoms. The number of ether oxygens (including phenoxy) is 1. The van der Waals surface area contributed by atoms with Gasteiger partial charge < -0.3 is 10.1 Å². The van der Waals surface area contributed by atoms with Crippen LogP contribution in [0.5, 0.6) is 5.75 Å². The summed E-state index contributed by atoms with van der Waals surface area (Å²) < 4.78 is 5.29. The van der Waals surface area contributed by atoms with Crippen LogP contribution < -0.4 is 15.4 Å². The summed E-state index contributed by atoms with van der Waals surface area (Å²) >= 11 is 0. The first-order chi connectivity index (χ1) is 14.2. The normalized spacial score (nSPS) is 10.7. The first kappa shape index (κ1) is 18.5. The van der Waals surface area contributed by atoms with Crippen molar-refractivity contribution in [1.29, 1.82) is 0 Å². The van der Waals surface area contributed by atoms with Crippen LogP contribution in [-0.2, 0) is 6.42 Å². The van der Waals surface area contributed by atoms with Crippen molar-refractivity contribution in [3.8, 4) is 16.9 Å². The second kappa shape index (κ2) is 8.43. The van der Waals surface area contributed by atoms with Crippen molar-refractivity contribution in [2.45, 2.75) is 6.42 Å². The number of benzene rings is 2. The molecule has 0 spiro atoms. The molecule has 0 saturated carbocycles. The molecular weight excluding hydrogens is 366 g/mol. The zero-order chi connectivity index (χ0) is 20.1. The lowest BCUT2D eigenvalue weighted by Gasteiger charge is -2.06. The number of pyridine rings is 1. The fourth-order valence-corrected chi connectivity index (χ4v) is 3.10. The van der Waals surface area contributed by atoms with Crippen LogP contribution in [0.2, 0.25) is 0 Å². The van der Waals surface area contributed by atoms with Crippen LogP contribution >= 0.6 is 0 Å². The molecule has 2 aromatic heterocycles. The number of urea groups is 1. The van der Waals surface area contributed by atoms with Gasteiger partial charge in [0.1, 0.15) is 5.75 Å². The van der Waals surface area contributed by atoms with E-state index in [-0.39, 0.29) is 6.03 Å². The first-order valence-electron chi connectivity index (χ1n) is 9.30. The van der Waals surface area contributed by atoms with E-state index in [1.54, 1.807) is 13.3 Å². The molecule has 29 heavy (non-hydrogen) atoms. The zero-order valence-corrected chi connectivity index (χ0v) is 16.0. The Kier molecular flexibility index (Phi) is 5.38. The summed E-state index contributed by atoms with van der Waals surface area (Å²) in [5, 5.41) is 13.7. The van der Waals surface area contributed by atoms with E-state index in [0.717, 1.165) is 33.5 Å². The van der Waals surface area contributed by atoms with Crippen molar-refractivity contribution in [2.75, 3.05) is 19.0 Å². The number of nitrogens with zero attached hydrogens (tertiary/aromatic N) is 2. The molecule has 0 radical (unpaired) electrons. The highest BCUT2D eigenvalue weighted by atomic mass is 16.5. The molecule has 0 fully saturated rings. The van der Waals surface area contributed by atoms with Gasteiger partial charge in [0.2, 0.25) is 0 Å². The van der Waals surface area contributed by atoms with Crippen LogP contribution in [0.1, 0.15) is 5.69 Å². The van der Waals surface area contributed by atoms with Crippen LogP contribution in [0.25, 0.3) is 22.0 Å². The Hall–Kier alpha value is -3.87. The lowest BCUT2D eigenvalue weighted by molar-refractivity contribution is 0.252. The number of carbonyl (C=O) groups is 1. The van der Waals surface area contributed by atoms with E-state index in [0.29, 0.717) is 18.8 Å². The van der Waals surface area contributed by atoms with E-state index in [1.165, 1.54) is 0 Å². The summed E-state index contributed by atoms with van der Waals surface area (Å²) in [5.74, 6) is 1.30. The monoisotopic (exact) mass is 387 g/mol. The van der Waals surface area contributed by atoms with E-state index >= 15 is 0 Å². The van der Waals surface area contributed by atoms with Crippen LogP contribution in [0.3, 0.4) is 0 Å². The maximum atomic E-state index is 12.2. The summed E-state index contributed by atoms with van der Waals surface area (Å²) in [6.45, 7) is 0.491. The topological polar surface area (TPSA) is 91.9 Å². The molecule has 2 amide bonds. The number of fused-ring (bicyclic) bond motifs is 1. The number of hydrogen-bond donors (Lipinski definition) is 3. The quantitative estimate of drug-likeness (QED) is 0.466. The molecule has 146 valence electrons. The summed E-state index contributed by atoms with van der Waals surface area (Å²) in [4.78, 5) is 16.4. The molecule has 0 atom stereocenters. The van der Waals surface area contributed by atoms with Crippen molar-refractivity contribution in [3.63, 3.8) is 0 Å². The highest BCUT2D eigenvalue weighted by Gasteiger charge is 2.10. The molecule has 3 N–H and O–H groups in total. The number of anilines is 1. The molecule has 0 unspecified atom stereocenters. The molecule has 0 aliphatic rings. The lowest BCUT2D eigenvalue weighted by Crippen LogP contribution is -2.30. The standard InChI is InChI=1S/C22H21N5O2/c1-29-18-7-4-5-15(13-18)16-8-9-19-20(14-16)26-27-21(19)25-22(28)24-12-10-17-6-2-3-11-23-17/h2-9,11,13-14H,10,12H2,1H3,(H3,24,25,26,27,28). The van der Waals surface area contributed by atoms with Crippen molar-refractivity contribution in [3.05, 3.63) is 72.6 Å². The van der Waals surface area contributed by atoms with Gasteiger partial charge >= 0.3 is 6.03 Å². The number of nitrogens with one attached hydrogen (secondary N) is 3. The summed E-state index contributed by atoms with van der Waals surface area (Å²) in [6.07, 6.45) is 2.41. The minimum absolute atomic E-state index is 0.300. The summed E-state index contributed by atoms with van der Waals surface area (Å²) in [6, 6.07) is 19.2. The third-order valence-corrected chi connectivity index (χ3v) is 4.59. The van der Waals surface area contributed by atoms with E-state index in [9.17, 15) is 4.79 Å². The number of aromatic nitrogens is 3. The Balaban J connectivity index is 1.42. The Morgan fingerprint density at radius 1 is 1.07 bits per heavy atom. The van der Waals surface area contributed by atoms with Crippen LogP contribution in [0.4, 0.5) is 10.6 Å². The SMILES string of the molecule is COc1cccc(-c2ccc3c(NC(=O)NCCc4ccccn4)n[nH]c3c2)c1. The average molecular weight is 387 g/mol. The van der Waals surface area contributed by atoms with E-state index in [2.05, 4.69) is 25.8 Å². The third-order valence-electron chi connectivity index (χ3n) is 4.59. The van der Waals surface area contributed by atoms with Gasteiger partial charge in [0.05, 0.1) is 12.6 Å². The van der Waals surface area contributed by atoms with Gasteiger partial charge in [0, 0.05) is 30.2 Å². The predicted molar refractivity (Wildman–Crippen MR) is 113 cm³/mol. The van der Waals surface area contributed by atoms with Gasteiger partial charge in [-0.15, -0.1) is 0 Å². The van der Waals surface area contributed by atoms with E-state index in [1.807, 2.05) is 60.7 Å². The maximum Gasteiger partial charge on any atom is 0.320 e. The minimum Gasteiger partial charge on any atom is -0.497 e. The number of H-pyrrole nitrogens is 1. The zero-order valence-electron chi connectivity index (χ0n) is 16.0. The van der Waals surface area contributed by atoms with Gasteiger partial charge in [-0.1, -0.05) is 24.3 Å². The van der Waals surface area contributed by atoms with E-state index < -0.39 is 0 Å². The Labute approximate surface area is 168 Å². The van der Waals surface area contributed by atoms with Crippen molar-refractivity contribution in [2.24, 2.45) is 0 Å². The largest absolute Gasteiger partial charge is 0.497 e. The number of rotatable bonds is 6. The Morgan fingerprint density at radius 2 is 1.97 bits per heavy atom. The maximum absolute atomic E-state index is 12.2. The molecule has 0 bridgehead atoms. The number of amides is 2. The van der Waals surface area contributed by atoms with E-state index in [4.69, 9.17) is 4.74 Å². The number of hydrogen-bond acceptors (Lipinski definition) is 4. The van der Waals surface area contributed by atoms with Gasteiger partial charge in [0.25, 0.3) is 0 Å². The van der Waals surface area contributed by atoms with Gasteiger partial charge in [0.15, 0.2) is 5.82 Å². The molecule has 7 nitrogen and oxygen atoms in total. The number of carbonyl (C=O) groups excluding carboxylic acids is 1. The molecule has 0 aliphatic carbocycles. The Bertz CT molecular complexity index is 1120. The average Bonchev–Trinajstić information content (AvgIpc) is 3.16. The van der Waals surface area contributed by atoms with Crippen LogP contribution in [0.15, 0.2) is 66.9 Å². The first-order valence-corrected chi connectivity index (χ1v) is 9.30. The fraction of sp³-hybridized carbons (Fsp3) is 0.136. The molecule has 4 rings (SSSR count). The highest BCUT2D eigenvalue weighted by Crippen LogP contribution is 2.28. The highest BCUT2D eigenvalue weighted by molar-refractivity contribution is 6.00.